The first-order valence-corrected chi connectivity index (χ1v) is 7.04. The van der Waals surface area contributed by atoms with Gasteiger partial charge in [0.05, 0.1) is 16.6 Å². The standard InChI is InChI=1S/C15H19N3O3/c1-2-5-13-17-11-7-3-6-10(15(20)21)14(11)18(13)9-4-8-12(16)19/h3,6-7H,2,4-5,8-9H2,1H3,(H2,16,19)(H,20,21). The second-order valence-electron chi connectivity index (χ2n) is 4.98. The van der Waals surface area contributed by atoms with Crippen molar-refractivity contribution in [2.45, 2.75) is 39.2 Å². The molecule has 6 nitrogen and oxygen atoms in total. The zero-order chi connectivity index (χ0) is 15.4. The first-order valence-electron chi connectivity index (χ1n) is 7.04. The van der Waals surface area contributed by atoms with E-state index in [1.807, 2.05) is 17.6 Å². The van der Waals surface area contributed by atoms with E-state index < -0.39 is 5.97 Å². The highest BCUT2D eigenvalue weighted by Gasteiger charge is 2.17. The summed E-state index contributed by atoms with van der Waals surface area (Å²) < 4.78 is 1.91. The van der Waals surface area contributed by atoms with Gasteiger partial charge in [0.2, 0.25) is 5.91 Å². The number of aromatic carboxylic acids is 1. The van der Waals surface area contributed by atoms with Gasteiger partial charge < -0.3 is 15.4 Å². The van der Waals surface area contributed by atoms with Crippen LogP contribution in [0.1, 0.15) is 42.4 Å². The third-order valence-electron chi connectivity index (χ3n) is 3.35. The maximum atomic E-state index is 11.4. The quantitative estimate of drug-likeness (QED) is 0.813. The Labute approximate surface area is 122 Å². The molecule has 0 saturated carbocycles. The molecule has 1 heterocycles. The van der Waals surface area contributed by atoms with Crippen LogP contribution in [0.3, 0.4) is 0 Å². The Bertz CT molecular complexity index is 676. The Morgan fingerprint density at radius 1 is 1.38 bits per heavy atom. The number of primary amides is 1. The van der Waals surface area contributed by atoms with Gasteiger partial charge in [0, 0.05) is 19.4 Å². The summed E-state index contributed by atoms with van der Waals surface area (Å²) in [7, 11) is 0. The minimum atomic E-state index is -0.973. The summed E-state index contributed by atoms with van der Waals surface area (Å²) in [6, 6.07) is 5.08. The number of benzene rings is 1. The maximum Gasteiger partial charge on any atom is 0.337 e. The molecule has 0 fully saturated rings. The van der Waals surface area contributed by atoms with Crippen LogP contribution in [0.5, 0.6) is 0 Å². The molecule has 0 saturated heterocycles. The monoisotopic (exact) mass is 289 g/mol. The predicted molar refractivity (Wildman–Crippen MR) is 79.1 cm³/mol. The number of imidazole rings is 1. The molecule has 6 heteroatoms. The van der Waals surface area contributed by atoms with Gasteiger partial charge in [-0.2, -0.15) is 0 Å². The molecule has 2 aromatic rings. The van der Waals surface area contributed by atoms with Gasteiger partial charge in [-0.05, 0) is 25.0 Å². The summed E-state index contributed by atoms with van der Waals surface area (Å²) in [5.41, 5.74) is 6.70. The molecule has 0 unspecified atom stereocenters. The fourth-order valence-corrected chi connectivity index (χ4v) is 2.47. The summed E-state index contributed by atoms with van der Waals surface area (Å²) in [4.78, 5) is 26.8. The number of hydrogen-bond acceptors (Lipinski definition) is 3. The molecule has 1 aromatic carbocycles. The molecule has 2 rings (SSSR count). The van der Waals surface area contributed by atoms with Gasteiger partial charge in [-0.1, -0.05) is 13.0 Å². The number of aromatic nitrogens is 2. The van der Waals surface area contributed by atoms with Gasteiger partial charge >= 0.3 is 5.97 Å². The number of nitrogens with zero attached hydrogens (tertiary/aromatic N) is 2. The summed E-state index contributed by atoms with van der Waals surface area (Å²) in [6.07, 6.45) is 2.54. The largest absolute Gasteiger partial charge is 0.478 e. The SMILES string of the molecule is CCCc1nc2cccc(C(=O)O)c2n1CCCC(N)=O. The average molecular weight is 289 g/mol. The molecule has 0 aliphatic rings. The molecular weight excluding hydrogens is 270 g/mol. The summed E-state index contributed by atoms with van der Waals surface area (Å²) in [6.45, 7) is 2.59. The van der Waals surface area contributed by atoms with Crippen LogP contribution < -0.4 is 5.73 Å². The van der Waals surface area contributed by atoms with E-state index in [1.54, 1.807) is 12.1 Å². The van der Waals surface area contributed by atoms with E-state index in [2.05, 4.69) is 4.98 Å². The predicted octanol–water partition coefficient (Wildman–Crippen LogP) is 1.95. The highest BCUT2D eigenvalue weighted by atomic mass is 16.4. The van der Waals surface area contributed by atoms with E-state index >= 15 is 0 Å². The Kier molecular flexibility index (Phi) is 4.57. The average Bonchev–Trinajstić information content (AvgIpc) is 2.76. The Morgan fingerprint density at radius 3 is 2.76 bits per heavy atom. The highest BCUT2D eigenvalue weighted by Crippen LogP contribution is 2.22. The Balaban J connectivity index is 2.48. The third kappa shape index (κ3) is 3.21. The van der Waals surface area contributed by atoms with Crippen molar-refractivity contribution in [2.75, 3.05) is 0 Å². The van der Waals surface area contributed by atoms with Crippen LogP contribution in [0.25, 0.3) is 11.0 Å². The second kappa shape index (κ2) is 6.39. The molecule has 0 bridgehead atoms. The van der Waals surface area contributed by atoms with Gasteiger partial charge in [0.25, 0.3) is 0 Å². The lowest BCUT2D eigenvalue weighted by Crippen LogP contribution is -2.13. The molecule has 21 heavy (non-hydrogen) atoms. The molecule has 0 aliphatic heterocycles. The lowest BCUT2D eigenvalue weighted by atomic mass is 10.2. The highest BCUT2D eigenvalue weighted by molar-refractivity contribution is 6.01. The number of fused-ring (bicyclic) bond motifs is 1. The van der Waals surface area contributed by atoms with Crippen LogP contribution in [0.4, 0.5) is 0 Å². The fourth-order valence-electron chi connectivity index (χ4n) is 2.47. The van der Waals surface area contributed by atoms with Crippen molar-refractivity contribution in [3.05, 3.63) is 29.6 Å². The van der Waals surface area contributed by atoms with Gasteiger partial charge in [0.15, 0.2) is 0 Å². The minimum absolute atomic E-state index is 0.237. The first-order chi connectivity index (χ1) is 10.0. The van der Waals surface area contributed by atoms with Gasteiger partial charge in [-0.25, -0.2) is 9.78 Å². The van der Waals surface area contributed by atoms with Crippen molar-refractivity contribution in [3.63, 3.8) is 0 Å². The number of carbonyl (C=O) groups excluding carboxylic acids is 1. The molecule has 0 atom stereocenters. The van der Waals surface area contributed by atoms with E-state index in [0.29, 0.717) is 24.0 Å². The summed E-state index contributed by atoms with van der Waals surface area (Å²) >= 11 is 0. The van der Waals surface area contributed by atoms with Gasteiger partial charge in [0.1, 0.15) is 5.82 Å². The second-order valence-corrected chi connectivity index (χ2v) is 4.98. The third-order valence-corrected chi connectivity index (χ3v) is 3.35. The van der Waals surface area contributed by atoms with Crippen LogP contribution in [0.15, 0.2) is 18.2 Å². The summed E-state index contributed by atoms with van der Waals surface area (Å²) in [5, 5.41) is 9.34. The van der Waals surface area contributed by atoms with Crippen molar-refractivity contribution in [1.82, 2.24) is 9.55 Å². The van der Waals surface area contributed by atoms with Crippen LogP contribution in [0.2, 0.25) is 0 Å². The number of amides is 1. The molecular formula is C15H19N3O3. The van der Waals surface area contributed by atoms with Crippen LogP contribution >= 0.6 is 0 Å². The van der Waals surface area contributed by atoms with Crippen molar-refractivity contribution < 1.29 is 14.7 Å². The Hall–Kier alpha value is -2.37. The number of carboxylic acids is 1. The number of carbonyl (C=O) groups is 2. The van der Waals surface area contributed by atoms with E-state index in [9.17, 15) is 14.7 Å². The lowest BCUT2D eigenvalue weighted by molar-refractivity contribution is -0.118. The molecule has 112 valence electrons. The van der Waals surface area contributed by atoms with E-state index in [0.717, 1.165) is 18.7 Å². The van der Waals surface area contributed by atoms with Crippen molar-refractivity contribution in [3.8, 4) is 0 Å². The molecule has 0 spiro atoms. The van der Waals surface area contributed by atoms with Crippen LogP contribution in [-0.4, -0.2) is 26.5 Å². The molecule has 0 aliphatic carbocycles. The molecule has 3 N–H and O–H groups in total. The van der Waals surface area contributed by atoms with Crippen molar-refractivity contribution in [2.24, 2.45) is 5.73 Å². The summed E-state index contributed by atoms with van der Waals surface area (Å²) in [5.74, 6) is -0.472. The van der Waals surface area contributed by atoms with E-state index in [4.69, 9.17) is 5.73 Å². The fraction of sp³-hybridized carbons (Fsp3) is 0.400. The normalized spacial score (nSPS) is 10.9. The molecule has 1 aromatic heterocycles. The van der Waals surface area contributed by atoms with Gasteiger partial charge in [-0.3, -0.25) is 4.79 Å². The smallest absolute Gasteiger partial charge is 0.337 e. The van der Waals surface area contributed by atoms with Gasteiger partial charge in [-0.15, -0.1) is 0 Å². The minimum Gasteiger partial charge on any atom is -0.478 e. The lowest BCUT2D eigenvalue weighted by Gasteiger charge is -2.09. The number of carboxylic acid groups (broad SMARTS) is 1. The zero-order valence-corrected chi connectivity index (χ0v) is 12.0. The number of rotatable bonds is 7. The first kappa shape index (κ1) is 15.0. The number of aryl methyl sites for hydroxylation is 2. The topological polar surface area (TPSA) is 98.2 Å². The van der Waals surface area contributed by atoms with E-state index in [-0.39, 0.29) is 17.9 Å². The number of hydrogen-bond donors (Lipinski definition) is 2. The van der Waals surface area contributed by atoms with E-state index in [1.165, 1.54) is 0 Å². The number of nitrogens with two attached hydrogens (primary N) is 1. The zero-order valence-electron chi connectivity index (χ0n) is 12.0. The molecule has 1 amide bonds. The van der Waals surface area contributed by atoms with Crippen LogP contribution in [0, 0.1) is 0 Å². The number of para-hydroxylation sites is 1. The van der Waals surface area contributed by atoms with Crippen LogP contribution in [-0.2, 0) is 17.8 Å². The van der Waals surface area contributed by atoms with Crippen molar-refractivity contribution >= 4 is 22.9 Å². The van der Waals surface area contributed by atoms with Crippen molar-refractivity contribution in [1.29, 1.82) is 0 Å². The molecule has 0 radical (unpaired) electrons. The Morgan fingerprint density at radius 2 is 2.14 bits per heavy atom. The maximum absolute atomic E-state index is 11.4.